The molecule has 0 radical (unpaired) electrons. The Hall–Kier alpha value is -1.62. The maximum Gasteiger partial charge on any atom is 0.356 e. The van der Waals surface area contributed by atoms with Crippen molar-refractivity contribution in [2.24, 2.45) is 0 Å². The molecule has 1 aliphatic rings. The lowest BCUT2D eigenvalue weighted by molar-refractivity contribution is 0.0687. The van der Waals surface area contributed by atoms with Crippen LogP contribution in [0.4, 0.5) is 0 Å². The molecular weight excluding hydrogens is 242 g/mol. The maximum absolute atomic E-state index is 11.3. The zero-order chi connectivity index (χ0) is 12.2. The number of fused-ring (bicyclic) bond motifs is 1. The Kier molecular flexibility index (Phi) is 2.13. The second kappa shape index (κ2) is 3.43. The van der Waals surface area contributed by atoms with E-state index in [9.17, 15) is 9.90 Å². The summed E-state index contributed by atoms with van der Waals surface area (Å²) in [7, 11) is 0. The summed E-state index contributed by atoms with van der Waals surface area (Å²) in [6.07, 6.45) is 3.64. The smallest absolute Gasteiger partial charge is 0.356 e. The molecule has 17 heavy (non-hydrogen) atoms. The molecule has 1 aliphatic carbocycles. The van der Waals surface area contributed by atoms with E-state index in [-0.39, 0.29) is 10.7 Å². The van der Waals surface area contributed by atoms with Crippen molar-refractivity contribution in [3.8, 4) is 0 Å². The van der Waals surface area contributed by atoms with Crippen LogP contribution >= 0.6 is 11.6 Å². The van der Waals surface area contributed by atoms with Crippen LogP contribution in [0.5, 0.6) is 0 Å². The van der Waals surface area contributed by atoms with Gasteiger partial charge in [-0.2, -0.15) is 5.10 Å². The van der Waals surface area contributed by atoms with Crippen molar-refractivity contribution in [3.63, 3.8) is 0 Å². The quantitative estimate of drug-likeness (QED) is 0.889. The van der Waals surface area contributed by atoms with Crippen LogP contribution in [0.15, 0.2) is 6.20 Å². The number of hydrogen-bond donors (Lipinski definition) is 1. The fourth-order valence-corrected chi connectivity index (χ4v) is 2.27. The van der Waals surface area contributed by atoms with Crippen molar-refractivity contribution in [2.45, 2.75) is 25.7 Å². The standard InChI is InChI=1S/C11H10ClN3O2/c1-5-4-13-15-9(11(16)17)7(12)8(6-2-3-6)14-10(5)15/h4,6H,2-3H2,1H3,(H,16,17). The van der Waals surface area contributed by atoms with Gasteiger partial charge >= 0.3 is 5.97 Å². The summed E-state index contributed by atoms with van der Waals surface area (Å²) in [6.45, 7) is 1.85. The van der Waals surface area contributed by atoms with Crippen LogP contribution in [0.1, 0.15) is 40.5 Å². The Bertz CT molecular complexity index is 631. The third kappa shape index (κ3) is 1.50. The van der Waals surface area contributed by atoms with Crippen LogP contribution < -0.4 is 0 Å². The summed E-state index contributed by atoms with van der Waals surface area (Å²) >= 11 is 6.12. The number of hydrogen-bond acceptors (Lipinski definition) is 3. The van der Waals surface area contributed by atoms with E-state index in [0.717, 1.165) is 18.4 Å². The zero-order valence-electron chi connectivity index (χ0n) is 9.14. The minimum Gasteiger partial charge on any atom is -0.476 e. The minimum atomic E-state index is -1.08. The van der Waals surface area contributed by atoms with Crippen molar-refractivity contribution in [1.29, 1.82) is 0 Å². The molecule has 0 amide bonds. The highest BCUT2D eigenvalue weighted by atomic mass is 35.5. The van der Waals surface area contributed by atoms with E-state index in [0.29, 0.717) is 17.3 Å². The second-order valence-electron chi connectivity index (χ2n) is 4.30. The second-order valence-corrected chi connectivity index (χ2v) is 4.68. The summed E-state index contributed by atoms with van der Waals surface area (Å²) in [5.74, 6) is -0.771. The van der Waals surface area contributed by atoms with Gasteiger partial charge in [-0.15, -0.1) is 0 Å². The van der Waals surface area contributed by atoms with Crippen LogP contribution in [0.25, 0.3) is 5.65 Å². The summed E-state index contributed by atoms with van der Waals surface area (Å²) in [5.41, 5.74) is 2.13. The van der Waals surface area contributed by atoms with Crippen LogP contribution in [0.3, 0.4) is 0 Å². The van der Waals surface area contributed by atoms with Crippen molar-refractivity contribution >= 4 is 23.2 Å². The maximum atomic E-state index is 11.3. The topological polar surface area (TPSA) is 67.5 Å². The van der Waals surface area contributed by atoms with Crippen molar-refractivity contribution in [3.05, 3.63) is 28.2 Å². The van der Waals surface area contributed by atoms with Crippen LogP contribution in [0, 0.1) is 6.92 Å². The molecule has 1 saturated carbocycles. The van der Waals surface area contributed by atoms with Gasteiger partial charge in [0.2, 0.25) is 0 Å². The van der Waals surface area contributed by atoms with Gasteiger partial charge in [0.15, 0.2) is 11.3 Å². The number of rotatable bonds is 2. The van der Waals surface area contributed by atoms with Crippen molar-refractivity contribution in [1.82, 2.24) is 14.6 Å². The zero-order valence-corrected chi connectivity index (χ0v) is 9.90. The summed E-state index contributed by atoms with van der Waals surface area (Å²) in [4.78, 5) is 15.7. The fourth-order valence-electron chi connectivity index (χ4n) is 1.91. The molecule has 2 heterocycles. The van der Waals surface area contributed by atoms with Gasteiger partial charge < -0.3 is 5.11 Å². The average Bonchev–Trinajstić information content (AvgIpc) is 3.04. The molecule has 5 nitrogen and oxygen atoms in total. The third-order valence-corrected chi connectivity index (χ3v) is 3.33. The van der Waals surface area contributed by atoms with Gasteiger partial charge in [-0.3, -0.25) is 0 Å². The van der Waals surface area contributed by atoms with Gasteiger partial charge in [-0.1, -0.05) is 11.6 Å². The molecule has 1 fully saturated rings. The molecular formula is C11H10ClN3O2. The van der Waals surface area contributed by atoms with Crippen LogP contribution in [-0.2, 0) is 0 Å². The van der Waals surface area contributed by atoms with E-state index in [4.69, 9.17) is 11.6 Å². The van der Waals surface area contributed by atoms with Gasteiger partial charge in [0.05, 0.1) is 16.9 Å². The predicted octanol–water partition coefficient (Wildman–Crippen LogP) is 2.27. The molecule has 2 aromatic rings. The highest BCUT2D eigenvalue weighted by Crippen LogP contribution is 2.43. The normalized spacial score (nSPS) is 15.4. The molecule has 0 bridgehead atoms. The average molecular weight is 252 g/mol. The third-order valence-electron chi connectivity index (χ3n) is 2.96. The Morgan fingerprint density at radius 1 is 1.59 bits per heavy atom. The highest BCUT2D eigenvalue weighted by molar-refractivity contribution is 6.34. The molecule has 2 aromatic heterocycles. The molecule has 0 saturated heterocycles. The van der Waals surface area contributed by atoms with Gasteiger partial charge in [0.25, 0.3) is 0 Å². The molecule has 88 valence electrons. The highest BCUT2D eigenvalue weighted by Gasteiger charge is 2.31. The lowest BCUT2D eigenvalue weighted by Gasteiger charge is -2.07. The molecule has 0 aliphatic heterocycles. The summed E-state index contributed by atoms with van der Waals surface area (Å²) < 4.78 is 1.30. The monoisotopic (exact) mass is 251 g/mol. The number of nitrogens with zero attached hydrogens (tertiary/aromatic N) is 3. The van der Waals surface area contributed by atoms with E-state index >= 15 is 0 Å². The SMILES string of the molecule is Cc1cnn2c(C(=O)O)c(Cl)c(C3CC3)nc12. The fraction of sp³-hybridized carbons (Fsp3) is 0.364. The first-order valence-corrected chi connectivity index (χ1v) is 5.74. The molecule has 0 spiro atoms. The van der Waals surface area contributed by atoms with Gasteiger partial charge in [0.1, 0.15) is 0 Å². The van der Waals surface area contributed by atoms with E-state index in [1.54, 1.807) is 6.20 Å². The number of aromatic nitrogens is 3. The molecule has 3 rings (SSSR count). The number of carbonyl (C=O) groups is 1. The summed E-state index contributed by atoms with van der Waals surface area (Å²) in [5, 5.41) is 13.5. The Morgan fingerprint density at radius 2 is 2.29 bits per heavy atom. The van der Waals surface area contributed by atoms with Gasteiger partial charge in [-0.25, -0.2) is 14.3 Å². The molecule has 0 aromatic carbocycles. The Balaban J connectivity index is 2.40. The molecule has 6 heteroatoms. The number of carboxylic acid groups (broad SMARTS) is 1. The van der Waals surface area contributed by atoms with E-state index < -0.39 is 5.97 Å². The summed E-state index contributed by atoms with van der Waals surface area (Å²) in [6, 6.07) is 0. The van der Waals surface area contributed by atoms with Gasteiger partial charge in [0, 0.05) is 11.5 Å². The van der Waals surface area contributed by atoms with Gasteiger partial charge in [-0.05, 0) is 19.8 Å². The molecule has 0 unspecified atom stereocenters. The van der Waals surface area contributed by atoms with E-state index in [2.05, 4.69) is 10.1 Å². The minimum absolute atomic E-state index is 0.00617. The largest absolute Gasteiger partial charge is 0.476 e. The predicted molar refractivity (Wildman–Crippen MR) is 61.7 cm³/mol. The van der Waals surface area contributed by atoms with Crippen molar-refractivity contribution in [2.75, 3.05) is 0 Å². The molecule has 1 N–H and O–H groups in total. The number of halogens is 1. The first kappa shape index (κ1) is 10.5. The van der Waals surface area contributed by atoms with Crippen molar-refractivity contribution < 1.29 is 9.90 Å². The van der Waals surface area contributed by atoms with E-state index in [1.165, 1.54) is 4.52 Å². The number of carboxylic acids is 1. The lowest BCUT2D eigenvalue weighted by Crippen LogP contribution is -2.11. The number of aromatic carboxylic acids is 1. The molecule has 0 atom stereocenters. The van der Waals surface area contributed by atoms with Crippen LogP contribution in [-0.4, -0.2) is 25.7 Å². The first-order chi connectivity index (χ1) is 8.09. The lowest BCUT2D eigenvalue weighted by atomic mass is 10.2. The van der Waals surface area contributed by atoms with Crippen LogP contribution in [0.2, 0.25) is 5.02 Å². The Labute approximate surface area is 102 Å². The Morgan fingerprint density at radius 3 is 2.88 bits per heavy atom. The van der Waals surface area contributed by atoms with E-state index in [1.807, 2.05) is 6.92 Å². The number of aryl methyl sites for hydroxylation is 1. The first-order valence-electron chi connectivity index (χ1n) is 5.36.